The summed E-state index contributed by atoms with van der Waals surface area (Å²) in [5.41, 5.74) is 1.40. The Morgan fingerprint density at radius 1 is 0.926 bits per heavy atom. The molecule has 0 unspecified atom stereocenters. The van der Waals surface area contributed by atoms with Crippen molar-refractivity contribution in [1.29, 1.82) is 0 Å². The molecular formula is C19H14FN3O4. The number of nitro groups is 1. The van der Waals surface area contributed by atoms with Gasteiger partial charge in [-0.15, -0.1) is 0 Å². The fourth-order valence-corrected chi connectivity index (χ4v) is 2.49. The van der Waals surface area contributed by atoms with E-state index in [2.05, 4.69) is 10.6 Å². The van der Waals surface area contributed by atoms with E-state index in [0.717, 1.165) is 0 Å². The van der Waals surface area contributed by atoms with Gasteiger partial charge < -0.3 is 15.7 Å². The Kier molecular flexibility index (Phi) is 4.98. The van der Waals surface area contributed by atoms with E-state index in [9.17, 15) is 24.4 Å². The Labute approximate surface area is 153 Å². The van der Waals surface area contributed by atoms with Gasteiger partial charge in [0.05, 0.1) is 16.2 Å². The summed E-state index contributed by atoms with van der Waals surface area (Å²) in [5.74, 6) is -1.55. The molecule has 3 aromatic rings. The minimum atomic E-state index is -1.14. The van der Waals surface area contributed by atoms with E-state index in [-0.39, 0.29) is 22.6 Å². The number of aromatic carboxylic acids is 1. The number of hydrogen-bond acceptors (Lipinski definition) is 5. The summed E-state index contributed by atoms with van der Waals surface area (Å²) < 4.78 is 13.1. The van der Waals surface area contributed by atoms with Crippen LogP contribution in [0.2, 0.25) is 0 Å². The SMILES string of the molecule is O=C(O)c1ccc(Nc2ccccc2[N+](=O)[O-])cc1Nc1ccc(F)cc1. The molecule has 0 spiro atoms. The van der Waals surface area contributed by atoms with E-state index in [0.29, 0.717) is 11.4 Å². The van der Waals surface area contributed by atoms with E-state index in [4.69, 9.17) is 0 Å². The minimum Gasteiger partial charge on any atom is -0.478 e. The Balaban J connectivity index is 1.95. The molecule has 0 saturated carbocycles. The van der Waals surface area contributed by atoms with Gasteiger partial charge in [0.25, 0.3) is 5.69 Å². The average Bonchev–Trinajstić information content (AvgIpc) is 2.64. The number of anilines is 4. The number of carboxylic acids is 1. The maximum absolute atomic E-state index is 13.1. The third kappa shape index (κ3) is 4.18. The van der Waals surface area contributed by atoms with Gasteiger partial charge in [-0.05, 0) is 48.5 Å². The van der Waals surface area contributed by atoms with Crippen molar-refractivity contribution in [1.82, 2.24) is 0 Å². The number of benzene rings is 3. The normalized spacial score (nSPS) is 10.3. The van der Waals surface area contributed by atoms with Gasteiger partial charge in [0.2, 0.25) is 0 Å². The quantitative estimate of drug-likeness (QED) is 0.422. The van der Waals surface area contributed by atoms with Crippen molar-refractivity contribution in [3.63, 3.8) is 0 Å². The molecule has 7 nitrogen and oxygen atoms in total. The Morgan fingerprint density at radius 2 is 1.56 bits per heavy atom. The number of rotatable bonds is 6. The van der Waals surface area contributed by atoms with Crippen LogP contribution in [0.4, 0.5) is 32.8 Å². The van der Waals surface area contributed by atoms with Crippen molar-refractivity contribution in [2.45, 2.75) is 0 Å². The van der Waals surface area contributed by atoms with Crippen molar-refractivity contribution in [2.24, 2.45) is 0 Å². The van der Waals surface area contributed by atoms with Crippen molar-refractivity contribution in [2.75, 3.05) is 10.6 Å². The van der Waals surface area contributed by atoms with E-state index in [1.54, 1.807) is 18.2 Å². The highest BCUT2D eigenvalue weighted by molar-refractivity contribution is 5.96. The summed E-state index contributed by atoms with van der Waals surface area (Å²) in [7, 11) is 0. The Hall–Kier alpha value is -3.94. The number of nitrogens with zero attached hydrogens (tertiary/aromatic N) is 1. The molecule has 8 heteroatoms. The third-order valence-corrected chi connectivity index (χ3v) is 3.75. The number of nitrogens with one attached hydrogen (secondary N) is 2. The molecule has 0 aliphatic rings. The smallest absolute Gasteiger partial charge is 0.337 e. The van der Waals surface area contributed by atoms with Gasteiger partial charge in [-0.1, -0.05) is 12.1 Å². The van der Waals surface area contributed by atoms with Crippen molar-refractivity contribution < 1.29 is 19.2 Å². The highest BCUT2D eigenvalue weighted by Crippen LogP contribution is 2.30. The van der Waals surface area contributed by atoms with Crippen molar-refractivity contribution in [3.8, 4) is 0 Å². The summed E-state index contributed by atoms with van der Waals surface area (Å²) >= 11 is 0. The van der Waals surface area contributed by atoms with Crippen LogP contribution in [0.1, 0.15) is 10.4 Å². The fourth-order valence-electron chi connectivity index (χ4n) is 2.49. The van der Waals surface area contributed by atoms with Crippen LogP contribution in [0.25, 0.3) is 0 Å². The monoisotopic (exact) mass is 367 g/mol. The molecule has 136 valence electrons. The van der Waals surface area contributed by atoms with Gasteiger partial charge in [-0.3, -0.25) is 10.1 Å². The van der Waals surface area contributed by atoms with Crippen LogP contribution >= 0.6 is 0 Å². The number of carbonyl (C=O) groups is 1. The van der Waals surface area contributed by atoms with E-state index in [1.807, 2.05) is 0 Å². The first kappa shape index (κ1) is 17.9. The lowest BCUT2D eigenvalue weighted by molar-refractivity contribution is -0.383. The molecule has 0 atom stereocenters. The standard InChI is InChI=1S/C19H14FN3O4/c20-12-5-7-13(8-6-12)21-17-11-14(9-10-15(17)19(24)25)22-16-3-1-2-4-18(16)23(26)27/h1-11,21-22H,(H,24,25). The minimum absolute atomic E-state index is 0.00689. The molecule has 3 N–H and O–H groups in total. The number of nitro benzene ring substituents is 1. The molecule has 0 fully saturated rings. The first-order valence-corrected chi connectivity index (χ1v) is 7.84. The molecule has 27 heavy (non-hydrogen) atoms. The first-order chi connectivity index (χ1) is 12.9. The highest BCUT2D eigenvalue weighted by Gasteiger charge is 2.15. The second kappa shape index (κ2) is 7.52. The van der Waals surface area contributed by atoms with Gasteiger partial charge in [0.15, 0.2) is 0 Å². The summed E-state index contributed by atoms with van der Waals surface area (Å²) in [4.78, 5) is 22.1. The average molecular weight is 367 g/mol. The molecule has 0 saturated heterocycles. The van der Waals surface area contributed by atoms with Gasteiger partial charge in [-0.25, -0.2) is 9.18 Å². The molecular weight excluding hydrogens is 353 g/mol. The largest absolute Gasteiger partial charge is 0.478 e. The van der Waals surface area contributed by atoms with Crippen LogP contribution in [0.15, 0.2) is 66.7 Å². The second-order valence-corrected chi connectivity index (χ2v) is 5.60. The Morgan fingerprint density at radius 3 is 2.22 bits per heavy atom. The lowest BCUT2D eigenvalue weighted by atomic mass is 10.1. The third-order valence-electron chi connectivity index (χ3n) is 3.75. The van der Waals surface area contributed by atoms with Crippen molar-refractivity contribution in [3.05, 3.63) is 88.2 Å². The van der Waals surface area contributed by atoms with Gasteiger partial charge in [0.1, 0.15) is 11.5 Å². The maximum atomic E-state index is 13.1. The molecule has 0 amide bonds. The van der Waals surface area contributed by atoms with Gasteiger partial charge >= 0.3 is 5.97 Å². The molecule has 0 aliphatic carbocycles. The highest BCUT2D eigenvalue weighted by atomic mass is 19.1. The van der Waals surface area contributed by atoms with E-state index >= 15 is 0 Å². The lowest BCUT2D eigenvalue weighted by Crippen LogP contribution is -2.04. The van der Waals surface area contributed by atoms with Crippen LogP contribution < -0.4 is 10.6 Å². The van der Waals surface area contributed by atoms with E-state index in [1.165, 1.54) is 48.5 Å². The number of para-hydroxylation sites is 2. The zero-order valence-electron chi connectivity index (χ0n) is 13.8. The topological polar surface area (TPSA) is 104 Å². The zero-order valence-corrected chi connectivity index (χ0v) is 13.8. The zero-order chi connectivity index (χ0) is 19.4. The van der Waals surface area contributed by atoms with Crippen LogP contribution in [-0.2, 0) is 0 Å². The molecule has 0 bridgehead atoms. The van der Waals surface area contributed by atoms with Gasteiger partial charge in [-0.2, -0.15) is 0 Å². The van der Waals surface area contributed by atoms with Crippen molar-refractivity contribution >= 4 is 34.4 Å². The molecule has 3 aromatic carbocycles. The Bertz CT molecular complexity index is 1010. The van der Waals surface area contributed by atoms with Crippen LogP contribution in [0, 0.1) is 15.9 Å². The number of carboxylic acid groups (broad SMARTS) is 1. The maximum Gasteiger partial charge on any atom is 0.337 e. The molecule has 0 radical (unpaired) electrons. The molecule has 0 heterocycles. The summed E-state index contributed by atoms with van der Waals surface area (Å²) in [6.07, 6.45) is 0. The van der Waals surface area contributed by atoms with Crippen LogP contribution in [0.3, 0.4) is 0 Å². The second-order valence-electron chi connectivity index (χ2n) is 5.60. The van der Waals surface area contributed by atoms with E-state index < -0.39 is 16.7 Å². The summed E-state index contributed by atoms with van der Waals surface area (Å²) in [6, 6.07) is 16.0. The molecule has 0 aliphatic heterocycles. The summed E-state index contributed by atoms with van der Waals surface area (Å²) in [6.45, 7) is 0. The predicted molar refractivity (Wildman–Crippen MR) is 99.5 cm³/mol. The molecule has 3 rings (SSSR count). The molecule has 0 aromatic heterocycles. The van der Waals surface area contributed by atoms with Gasteiger partial charge in [0, 0.05) is 17.4 Å². The predicted octanol–water partition coefficient (Wildman–Crippen LogP) is 4.92. The van der Waals surface area contributed by atoms with Crippen LogP contribution in [-0.4, -0.2) is 16.0 Å². The number of halogens is 1. The number of hydrogen-bond donors (Lipinski definition) is 3. The van der Waals surface area contributed by atoms with Crippen LogP contribution in [0.5, 0.6) is 0 Å². The first-order valence-electron chi connectivity index (χ1n) is 7.84. The lowest BCUT2D eigenvalue weighted by Gasteiger charge is -2.13. The summed E-state index contributed by atoms with van der Waals surface area (Å²) in [5, 5.41) is 26.4. The fraction of sp³-hybridized carbons (Fsp3) is 0.